The summed E-state index contributed by atoms with van der Waals surface area (Å²) in [5.41, 5.74) is 9.51. The Morgan fingerprint density at radius 2 is 1.82 bits per heavy atom. The van der Waals surface area contributed by atoms with Crippen molar-refractivity contribution in [2.75, 3.05) is 0 Å². The molecule has 0 amide bonds. The third kappa shape index (κ3) is 4.24. The lowest BCUT2D eigenvalue weighted by Crippen LogP contribution is -2.40. The standard InChI is InChI=1S/C20H21BrN6S/c1-2-26-20(28-14-16-6-4-3-5-7-16)18(12-22-26)19-23-24-25-27(19)13-15-8-10-17(21)11-9-15/h3-12,24-25H,2,13-14H2,1H3. The molecule has 3 aromatic rings. The first-order chi connectivity index (χ1) is 13.7. The molecule has 0 aliphatic carbocycles. The summed E-state index contributed by atoms with van der Waals surface area (Å²) in [6.45, 7) is 3.62. The molecule has 1 aliphatic rings. The van der Waals surface area contributed by atoms with Gasteiger partial charge in [-0.15, -0.1) is 22.4 Å². The van der Waals surface area contributed by atoms with Gasteiger partial charge >= 0.3 is 0 Å². The highest BCUT2D eigenvalue weighted by Crippen LogP contribution is 2.28. The van der Waals surface area contributed by atoms with Crippen molar-refractivity contribution in [3.05, 3.63) is 82.0 Å². The number of benzene rings is 2. The fraction of sp³-hybridized carbons (Fsp3) is 0.200. The van der Waals surface area contributed by atoms with Crippen LogP contribution in [0, 0.1) is 0 Å². The largest absolute Gasteiger partial charge is 0.266 e. The lowest BCUT2D eigenvalue weighted by molar-refractivity contribution is 0.287. The van der Waals surface area contributed by atoms with Crippen LogP contribution in [-0.2, 0) is 18.8 Å². The molecule has 0 unspecified atom stereocenters. The smallest absolute Gasteiger partial charge is 0.177 e. The zero-order valence-corrected chi connectivity index (χ0v) is 17.9. The third-order valence-corrected chi connectivity index (χ3v) is 6.12. The summed E-state index contributed by atoms with van der Waals surface area (Å²) in [6.07, 6.45) is 1.90. The van der Waals surface area contributed by atoms with Crippen LogP contribution < -0.4 is 11.1 Å². The van der Waals surface area contributed by atoms with E-state index in [4.69, 9.17) is 0 Å². The summed E-state index contributed by atoms with van der Waals surface area (Å²) in [5, 5.41) is 12.2. The molecule has 0 fully saturated rings. The van der Waals surface area contributed by atoms with E-state index >= 15 is 0 Å². The van der Waals surface area contributed by atoms with Gasteiger partial charge in [-0.05, 0) is 30.2 Å². The van der Waals surface area contributed by atoms with Gasteiger partial charge in [0.2, 0.25) is 0 Å². The molecule has 0 bridgehead atoms. The van der Waals surface area contributed by atoms with Gasteiger partial charge in [0.1, 0.15) is 5.03 Å². The number of aryl methyl sites for hydroxylation is 1. The molecular weight excluding hydrogens is 436 g/mol. The van der Waals surface area contributed by atoms with E-state index < -0.39 is 0 Å². The molecule has 0 radical (unpaired) electrons. The molecule has 144 valence electrons. The number of hydrazone groups is 1. The van der Waals surface area contributed by atoms with Gasteiger partial charge in [-0.1, -0.05) is 58.4 Å². The molecule has 0 spiro atoms. The summed E-state index contributed by atoms with van der Waals surface area (Å²) < 4.78 is 3.10. The number of amidine groups is 1. The molecule has 28 heavy (non-hydrogen) atoms. The lowest BCUT2D eigenvalue weighted by atomic mass is 10.2. The van der Waals surface area contributed by atoms with Gasteiger partial charge in [-0.25, -0.2) is 5.53 Å². The number of thioether (sulfide) groups is 1. The second-order valence-corrected chi connectivity index (χ2v) is 8.20. The minimum absolute atomic E-state index is 0.694. The van der Waals surface area contributed by atoms with E-state index in [9.17, 15) is 0 Å². The fourth-order valence-electron chi connectivity index (χ4n) is 2.97. The number of hydrogen-bond acceptors (Lipinski definition) is 6. The molecule has 2 aromatic carbocycles. The molecular formula is C20H21BrN6S. The zero-order valence-electron chi connectivity index (χ0n) is 15.5. The maximum atomic E-state index is 4.57. The summed E-state index contributed by atoms with van der Waals surface area (Å²) in [5.74, 6) is 1.73. The highest BCUT2D eigenvalue weighted by atomic mass is 79.9. The summed E-state index contributed by atoms with van der Waals surface area (Å²) in [7, 11) is 0. The Morgan fingerprint density at radius 3 is 2.57 bits per heavy atom. The second kappa shape index (κ2) is 8.81. The van der Waals surface area contributed by atoms with Crippen LogP contribution in [0.3, 0.4) is 0 Å². The van der Waals surface area contributed by atoms with Gasteiger partial charge in [0.25, 0.3) is 0 Å². The predicted molar refractivity (Wildman–Crippen MR) is 116 cm³/mol. The number of nitrogens with one attached hydrogen (secondary N) is 2. The van der Waals surface area contributed by atoms with Crippen molar-refractivity contribution in [1.82, 2.24) is 25.9 Å². The first kappa shape index (κ1) is 19.0. The van der Waals surface area contributed by atoms with Crippen LogP contribution in [0.5, 0.6) is 0 Å². The molecule has 1 aliphatic heterocycles. The molecule has 2 N–H and O–H groups in total. The molecule has 0 saturated heterocycles. The Labute approximate surface area is 177 Å². The van der Waals surface area contributed by atoms with Gasteiger partial charge in [-0.2, -0.15) is 5.10 Å². The Balaban J connectivity index is 1.55. The second-order valence-electron chi connectivity index (χ2n) is 6.33. The minimum Gasteiger partial charge on any atom is -0.266 e. The van der Waals surface area contributed by atoms with E-state index in [-0.39, 0.29) is 0 Å². The van der Waals surface area contributed by atoms with Gasteiger partial charge in [-0.3, -0.25) is 9.69 Å². The van der Waals surface area contributed by atoms with Gasteiger partial charge in [0.15, 0.2) is 5.84 Å². The first-order valence-electron chi connectivity index (χ1n) is 9.08. The number of aromatic nitrogens is 2. The quantitative estimate of drug-likeness (QED) is 0.523. The number of halogens is 1. The van der Waals surface area contributed by atoms with E-state index in [2.05, 4.69) is 80.5 Å². The minimum atomic E-state index is 0.694. The number of rotatable bonds is 7. The summed E-state index contributed by atoms with van der Waals surface area (Å²) >= 11 is 5.27. The normalized spacial score (nSPS) is 13.5. The van der Waals surface area contributed by atoms with Crippen molar-refractivity contribution in [3.8, 4) is 0 Å². The number of nitrogens with zero attached hydrogens (tertiary/aromatic N) is 4. The topological polar surface area (TPSA) is 57.5 Å². The summed E-state index contributed by atoms with van der Waals surface area (Å²) in [6, 6.07) is 18.8. The van der Waals surface area contributed by atoms with Crippen LogP contribution in [-0.4, -0.2) is 20.6 Å². The number of hydrazine groups is 2. The maximum absolute atomic E-state index is 4.57. The Kier molecular flexibility index (Phi) is 5.99. The van der Waals surface area contributed by atoms with Crippen LogP contribution in [0.25, 0.3) is 0 Å². The monoisotopic (exact) mass is 456 g/mol. The predicted octanol–water partition coefficient (Wildman–Crippen LogP) is 4.14. The van der Waals surface area contributed by atoms with Crippen molar-refractivity contribution in [3.63, 3.8) is 0 Å². The average molecular weight is 457 g/mol. The number of hydrogen-bond donors (Lipinski definition) is 2. The Hall–Kier alpha value is -2.29. The van der Waals surface area contributed by atoms with Gasteiger partial charge in [0, 0.05) is 16.8 Å². The van der Waals surface area contributed by atoms with Crippen LogP contribution in [0.4, 0.5) is 0 Å². The Morgan fingerprint density at radius 1 is 1.04 bits per heavy atom. The van der Waals surface area contributed by atoms with Crippen LogP contribution >= 0.6 is 27.7 Å². The highest BCUT2D eigenvalue weighted by Gasteiger charge is 2.24. The SMILES string of the molecule is CCn1ncc(C2=NNNN2Cc2ccc(Br)cc2)c1SCc1ccccc1. The van der Waals surface area contributed by atoms with E-state index in [0.29, 0.717) is 6.54 Å². The molecule has 0 saturated carbocycles. The van der Waals surface area contributed by atoms with E-state index in [1.807, 2.05) is 34.1 Å². The molecule has 4 rings (SSSR count). The molecule has 8 heteroatoms. The lowest BCUT2D eigenvalue weighted by Gasteiger charge is -2.19. The Bertz CT molecular complexity index is 955. The van der Waals surface area contributed by atoms with Crippen LogP contribution in [0.15, 0.2) is 75.4 Å². The van der Waals surface area contributed by atoms with Crippen molar-refractivity contribution in [2.24, 2.45) is 5.10 Å². The van der Waals surface area contributed by atoms with Crippen molar-refractivity contribution < 1.29 is 0 Å². The van der Waals surface area contributed by atoms with Crippen LogP contribution in [0.2, 0.25) is 0 Å². The van der Waals surface area contributed by atoms with Crippen molar-refractivity contribution in [2.45, 2.75) is 30.8 Å². The average Bonchev–Trinajstić information content (AvgIpc) is 3.35. The van der Waals surface area contributed by atoms with Gasteiger partial charge < -0.3 is 0 Å². The fourth-order valence-corrected chi connectivity index (χ4v) is 4.36. The van der Waals surface area contributed by atoms with Crippen LogP contribution in [0.1, 0.15) is 23.6 Å². The molecule has 1 aromatic heterocycles. The molecule has 2 heterocycles. The highest BCUT2D eigenvalue weighted by molar-refractivity contribution is 9.10. The zero-order chi connectivity index (χ0) is 19.3. The maximum Gasteiger partial charge on any atom is 0.177 e. The first-order valence-corrected chi connectivity index (χ1v) is 10.9. The molecule has 6 nitrogen and oxygen atoms in total. The van der Waals surface area contributed by atoms with E-state index in [1.54, 1.807) is 11.8 Å². The third-order valence-electron chi connectivity index (χ3n) is 4.41. The van der Waals surface area contributed by atoms with E-state index in [1.165, 1.54) is 11.1 Å². The molecule has 0 atom stereocenters. The van der Waals surface area contributed by atoms with Crippen molar-refractivity contribution in [1.29, 1.82) is 0 Å². The van der Waals surface area contributed by atoms with Gasteiger partial charge in [0.05, 0.1) is 18.3 Å². The van der Waals surface area contributed by atoms with E-state index in [0.717, 1.165) is 33.2 Å². The van der Waals surface area contributed by atoms with Crippen molar-refractivity contribution >= 4 is 33.5 Å². The summed E-state index contributed by atoms with van der Waals surface area (Å²) in [4.78, 5) is 0.